The highest BCUT2D eigenvalue weighted by Crippen LogP contribution is 2.19. The minimum absolute atomic E-state index is 0.0505. The van der Waals surface area contributed by atoms with Gasteiger partial charge in [0.2, 0.25) is 5.89 Å². The van der Waals surface area contributed by atoms with Gasteiger partial charge in [-0.3, -0.25) is 0 Å². The average molecular weight is 281 g/mol. The van der Waals surface area contributed by atoms with Crippen LogP contribution in [0.3, 0.4) is 0 Å². The first kappa shape index (κ1) is 14.6. The van der Waals surface area contributed by atoms with E-state index >= 15 is 0 Å². The molecule has 1 heterocycles. The van der Waals surface area contributed by atoms with Gasteiger partial charge in [0.25, 0.3) is 0 Å². The van der Waals surface area contributed by atoms with Gasteiger partial charge in [-0.1, -0.05) is 19.0 Å². The lowest BCUT2D eigenvalue weighted by Crippen LogP contribution is -2.25. The standard InChI is InChI=1S/C14H17F2N3O/c1-3-12(17)8(2)14-18-13(19-20-14)6-9-4-10(15)7-11(16)5-9/h4-5,7-8,12H,3,6,17H2,1-2H3. The van der Waals surface area contributed by atoms with Crippen LogP contribution in [0.5, 0.6) is 0 Å². The molecule has 2 unspecified atom stereocenters. The van der Waals surface area contributed by atoms with Crippen molar-refractivity contribution in [3.63, 3.8) is 0 Å². The molecule has 2 rings (SSSR count). The van der Waals surface area contributed by atoms with Gasteiger partial charge in [-0.25, -0.2) is 8.78 Å². The van der Waals surface area contributed by atoms with Gasteiger partial charge in [-0.2, -0.15) is 4.98 Å². The quantitative estimate of drug-likeness (QED) is 0.915. The van der Waals surface area contributed by atoms with Crippen LogP contribution in [-0.4, -0.2) is 16.2 Å². The summed E-state index contributed by atoms with van der Waals surface area (Å²) in [5.41, 5.74) is 6.38. The first-order valence-electron chi connectivity index (χ1n) is 6.52. The van der Waals surface area contributed by atoms with Gasteiger partial charge in [0.05, 0.1) is 5.92 Å². The summed E-state index contributed by atoms with van der Waals surface area (Å²) in [5.74, 6) is -0.452. The Morgan fingerprint density at radius 3 is 2.50 bits per heavy atom. The zero-order valence-corrected chi connectivity index (χ0v) is 11.4. The molecule has 0 saturated carbocycles. The van der Waals surface area contributed by atoms with E-state index in [2.05, 4.69) is 10.1 Å². The minimum Gasteiger partial charge on any atom is -0.339 e. The number of benzene rings is 1. The Hall–Kier alpha value is -1.82. The second-order valence-corrected chi connectivity index (χ2v) is 4.86. The lowest BCUT2D eigenvalue weighted by molar-refractivity contribution is 0.337. The third-order valence-corrected chi connectivity index (χ3v) is 3.27. The van der Waals surface area contributed by atoms with Crippen molar-refractivity contribution in [2.45, 2.75) is 38.6 Å². The van der Waals surface area contributed by atoms with Crippen LogP contribution in [0.4, 0.5) is 8.78 Å². The minimum atomic E-state index is -0.620. The predicted octanol–water partition coefficient (Wildman–Crippen LogP) is 2.78. The molecule has 0 spiro atoms. The molecular formula is C14H17F2N3O. The van der Waals surface area contributed by atoms with E-state index in [-0.39, 0.29) is 18.4 Å². The first-order chi connectivity index (χ1) is 9.49. The van der Waals surface area contributed by atoms with E-state index in [0.717, 1.165) is 12.5 Å². The van der Waals surface area contributed by atoms with E-state index in [1.54, 1.807) is 0 Å². The van der Waals surface area contributed by atoms with E-state index in [1.165, 1.54) is 12.1 Å². The van der Waals surface area contributed by atoms with Crippen molar-refractivity contribution in [2.24, 2.45) is 5.73 Å². The Bertz CT molecular complexity index is 565. The fraction of sp³-hybridized carbons (Fsp3) is 0.429. The van der Waals surface area contributed by atoms with Gasteiger partial charge in [-0.15, -0.1) is 0 Å². The summed E-state index contributed by atoms with van der Waals surface area (Å²) >= 11 is 0. The summed E-state index contributed by atoms with van der Waals surface area (Å²) in [7, 11) is 0. The molecule has 108 valence electrons. The summed E-state index contributed by atoms with van der Waals surface area (Å²) in [6.45, 7) is 3.89. The molecule has 0 fully saturated rings. The number of nitrogens with zero attached hydrogens (tertiary/aromatic N) is 2. The summed E-state index contributed by atoms with van der Waals surface area (Å²) < 4.78 is 31.3. The molecule has 6 heteroatoms. The molecule has 0 aliphatic heterocycles. The molecule has 1 aromatic heterocycles. The Kier molecular flexibility index (Phi) is 4.44. The Morgan fingerprint density at radius 2 is 1.90 bits per heavy atom. The number of nitrogens with two attached hydrogens (primary N) is 1. The van der Waals surface area contributed by atoms with Crippen LogP contribution in [0.25, 0.3) is 0 Å². The Morgan fingerprint density at radius 1 is 1.25 bits per heavy atom. The SMILES string of the molecule is CCC(N)C(C)c1nc(Cc2cc(F)cc(F)c2)no1. The van der Waals surface area contributed by atoms with Gasteiger partial charge in [-0.05, 0) is 24.1 Å². The highest BCUT2D eigenvalue weighted by Gasteiger charge is 2.20. The van der Waals surface area contributed by atoms with E-state index in [4.69, 9.17) is 10.3 Å². The Labute approximate surface area is 116 Å². The zero-order chi connectivity index (χ0) is 14.7. The van der Waals surface area contributed by atoms with Crippen LogP contribution < -0.4 is 5.73 Å². The first-order valence-corrected chi connectivity index (χ1v) is 6.52. The molecule has 0 bridgehead atoms. The molecule has 0 saturated heterocycles. The molecule has 2 atom stereocenters. The fourth-order valence-electron chi connectivity index (χ4n) is 1.96. The predicted molar refractivity (Wildman–Crippen MR) is 70.1 cm³/mol. The summed E-state index contributed by atoms with van der Waals surface area (Å²) in [6, 6.07) is 3.27. The van der Waals surface area contributed by atoms with Crippen LogP contribution in [0.2, 0.25) is 0 Å². The molecule has 20 heavy (non-hydrogen) atoms. The van der Waals surface area contributed by atoms with Crippen molar-refractivity contribution < 1.29 is 13.3 Å². The van der Waals surface area contributed by atoms with E-state index in [9.17, 15) is 8.78 Å². The number of halogens is 2. The van der Waals surface area contributed by atoms with Crippen molar-refractivity contribution in [1.29, 1.82) is 0 Å². The third-order valence-electron chi connectivity index (χ3n) is 3.27. The molecule has 0 aliphatic carbocycles. The molecule has 2 N–H and O–H groups in total. The second-order valence-electron chi connectivity index (χ2n) is 4.86. The van der Waals surface area contributed by atoms with Crippen molar-refractivity contribution in [1.82, 2.24) is 10.1 Å². The largest absolute Gasteiger partial charge is 0.339 e. The van der Waals surface area contributed by atoms with Gasteiger partial charge < -0.3 is 10.3 Å². The van der Waals surface area contributed by atoms with Gasteiger partial charge in [0, 0.05) is 18.5 Å². The van der Waals surface area contributed by atoms with Crippen LogP contribution in [0.1, 0.15) is 43.5 Å². The molecule has 1 aromatic carbocycles. The fourth-order valence-corrected chi connectivity index (χ4v) is 1.96. The summed E-state index contributed by atoms with van der Waals surface area (Å²) in [5, 5.41) is 3.82. The van der Waals surface area contributed by atoms with Crippen LogP contribution in [0.15, 0.2) is 22.7 Å². The maximum Gasteiger partial charge on any atom is 0.231 e. The van der Waals surface area contributed by atoms with E-state index in [1.807, 2.05) is 13.8 Å². The topological polar surface area (TPSA) is 64.9 Å². The number of hydrogen-bond donors (Lipinski definition) is 1. The van der Waals surface area contributed by atoms with Crippen LogP contribution >= 0.6 is 0 Å². The number of rotatable bonds is 5. The summed E-state index contributed by atoms with van der Waals surface area (Å²) in [4.78, 5) is 4.23. The third kappa shape index (κ3) is 3.39. The number of hydrogen-bond acceptors (Lipinski definition) is 4. The van der Waals surface area contributed by atoms with Crippen molar-refractivity contribution in [3.8, 4) is 0 Å². The molecular weight excluding hydrogens is 264 g/mol. The maximum atomic E-state index is 13.1. The molecule has 0 amide bonds. The van der Waals surface area contributed by atoms with Crippen molar-refractivity contribution in [3.05, 3.63) is 47.1 Å². The van der Waals surface area contributed by atoms with E-state index < -0.39 is 11.6 Å². The van der Waals surface area contributed by atoms with Crippen LogP contribution in [0, 0.1) is 11.6 Å². The summed E-state index contributed by atoms with van der Waals surface area (Å²) in [6.07, 6.45) is 1.01. The Balaban J connectivity index is 2.13. The van der Waals surface area contributed by atoms with Crippen molar-refractivity contribution in [2.75, 3.05) is 0 Å². The van der Waals surface area contributed by atoms with Gasteiger partial charge >= 0.3 is 0 Å². The second kappa shape index (κ2) is 6.09. The highest BCUT2D eigenvalue weighted by atomic mass is 19.1. The molecule has 4 nitrogen and oxygen atoms in total. The molecule has 0 aliphatic rings. The molecule has 0 radical (unpaired) electrons. The zero-order valence-electron chi connectivity index (χ0n) is 11.4. The lowest BCUT2D eigenvalue weighted by Gasteiger charge is -2.13. The lowest BCUT2D eigenvalue weighted by atomic mass is 10.0. The smallest absolute Gasteiger partial charge is 0.231 e. The maximum absolute atomic E-state index is 13.1. The van der Waals surface area contributed by atoms with E-state index in [0.29, 0.717) is 17.3 Å². The number of aromatic nitrogens is 2. The van der Waals surface area contributed by atoms with Gasteiger partial charge in [0.1, 0.15) is 11.6 Å². The monoisotopic (exact) mass is 281 g/mol. The van der Waals surface area contributed by atoms with Crippen LogP contribution in [-0.2, 0) is 6.42 Å². The highest BCUT2D eigenvalue weighted by molar-refractivity contribution is 5.21. The normalized spacial score (nSPS) is 14.2. The van der Waals surface area contributed by atoms with Gasteiger partial charge in [0.15, 0.2) is 5.82 Å². The molecule has 2 aromatic rings. The van der Waals surface area contributed by atoms with Crippen molar-refractivity contribution >= 4 is 0 Å². The average Bonchev–Trinajstić information content (AvgIpc) is 2.84.